The molecule has 2 aromatic carbocycles. The van der Waals surface area contributed by atoms with E-state index in [4.69, 9.17) is 4.74 Å². The van der Waals surface area contributed by atoms with Gasteiger partial charge in [-0.3, -0.25) is 4.79 Å². The Labute approximate surface area is 146 Å². The lowest BCUT2D eigenvalue weighted by atomic mass is 10.0. The van der Waals surface area contributed by atoms with Gasteiger partial charge >= 0.3 is 12.3 Å². The summed E-state index contributed by atoms with van der Waals surface area (Å²) in [4.78, 5) is 14.4. The Bertz CT molecular complexity index is 963. The van der Waals surface area contributed by atoms with Crippen LogP contribution in [0.3, 0.4) is 0 Å². The number of carboxylic acids is 1. The van der Waals surface area contributed by atoms with E-state index >= 15 is 0 Å². The van der Waals surface area contributed by atoms with Gasteiger partial charge in [0.05, 0.1) is 19.2 Å². The molecular weight excluding hydrogens is 351 g/mol. The normalized spacial score (nSPS) is 11.5. The van der Waals surface area contributed by atoms with E-state index in [0.29, 0.717) is 33.5 Å². The largest absolute Gasteiger partial charge is 0.573 e. The average molecular weight is 365 g/mol. The maximum absolute atomic E-state index is 12.5. The first-order chi connectivity index (χ1) is 12.3. The predicted octanol–water partition coefficient (Wildman–Crippen LogP) is 4.37. The number of benzene rings is 2. The Morgan fingerprint density at radius 3 is 2.58 bits per heavy atom. The third-order valence-electron chi connectivity index (χ3n) is 3.80. The van der Waals surface area contributed by atoms with Gasteiger partial charge in [-0.05, 0) is 35.9 Å². The molecule has 0 saturated heterocycles. The maximum Gasteiger partial charge on any atom is 0.573 e. The molecule has 3 rings (SSSR count). The van der Waals surface area contributed by atoms with Crippen LogP contribution in [0.25, 0.3) is 22.2 Å². The summed E-state index contributed by atoms with van der Waals surface area (Å²) in [6.07, 6.45) is -5.19. The van der Waals surface area contributed by atoms with Crippen molar-refractivity contribution >= 4 is 16.9 Å². The van der Waals surface area contributed by atoms with E-state index in [0.717, 1.165) is 0 Å². The quantitative estimate of drug-likeness (QED) is 0.704. The van der Waals surface area contributed by atoms with E-state index < -0.39 is 18.1 Å². The molecular formula is C18H14F3NO4. The van der Waals surface area contributed by atoms with Gasteiger partial charge in [0.15, 0.2) is 0 Å². The molecule has 0 bridgehead atoms. The van der Waals surface area contributed by atoms with Crippen LogP contribution in [0.1, 0.15) is 5.56 Å². The van der Waals surface area contributed by atoms with Crippen molar-refractivity contribution in [2.75, 3.05) is 7.11 Å². The molecule has 3 aromatic rings. The first-order valence-corrected chi connectivity index (χ1v) is 7.53. The van der Waals surface area contributed by atoms with Crippen LogP contribution in [-0.4, -0.2) is 29.5 Å². The number of carboxylic acid groups (broad SMARTS) is 1. The van der Waals surface area contributed by atoms with E-state index in [2.05, 4.69) is 9.72 Å². The van der Waals surface area contributed by atoms with Gasteiger partial charge in [0.25, 0.3) is 0 Å². The molecule has 0 aliphatic heterocycles. The van der Waals surface area contributed by atoms with Crippen molar-refractivity contribution in [3.8, 4) is 22.8 Å². The fourth-order valence-electron chi connectivity index (χ4n) is 2.78. The van der Waals surface area contributed by atoms with Crippen LogP contribution >= 0.6 is 0 Å². The van der Waals surface area contributed by atoms with Gasteiger partial charge in [0.2, 0.25) is 0 Å². The molecule has 0 radical (unpaired) electrons. The van der Waals surface area contributed by atoms with Gasteiger partial charge in [-0.25, -0.2) is 0 Å². The zero-order chi connectivity index (χ0) is 18.9. The Kier molecular flexibility index (Phi) is 4.50. The standard InChI is InChI=1S/C18H14F3NO4/c1-25-11-4-2-3-10(7-11)17-14(9-16(23)24)13-8-12(26-18(19,20)21)5-6-15(13)22-17/h2-8,22H,9H2,1H3,(H,23,24). The molecule has 0 aliphatic carbocycles. The lowest BCUT2D eigenvalue weighted by molar-refractivity contribution is -0.274. The molecule has 5 nitrogen and oxygen atoms in total. The van der Waals surface area contributed by atoms with Crippen LogP contribution in [0.2, 0.25) is 0 Å². The van der Waals surface area contributed by atoms with Crippen molar-refractivity contribution in [1.29, 1.82) is 0 Å². The van der Waals surface area contributed by atoms with Gasteiger partial charge < -0.3 is 19.6 Å². The molecule has 1 aromatic heterocycles. The number of rotatable bonds is 5. The van der Waals surface area contributed by atoms with E-state index in [1.54, 1.807) is 24.3 Å². The van der Waals surface area contributed by atoms with Crippen molar-refractivity contribution in [1.82, 2.24) is 4.98 Å². The van der Waals surface area contributed by atoms with Crippen LogP contribution in [0.15, 0.2) is 42.5 Å². The highest BCUT2D eigenvalue weighted by Gasteiger charge is 2.31. The molecule has 0 saturated carbocycles. The summed E-state index contributed by atoms with van der Waals surface area (Å²) in [6, 6.07) is 10.7. The van der Waals surface area contributed by atoms with Gasteiger partial charge in [-0.2, -0.15) is 0 Å². The first-order valence-electron chi connectivity index (χ1n) is 7.53. The second-order valence-corrected chi connectivity index (χ2v) is 5.54. The van der Waals surface area contributed by atoms with Crippen LogP contribution in [0.4, 0.5) is 13.2 Å². The van der Waals surface area contributed by atoms with Gasteiger partial charge in [0, 0.05) is 16.5 Å². The highest BCUT2D eigenvalue weighted by Crippen LogP contribution is 2.35. The Morgan fingerprint density at radius 1 is 1.15 bits per heavy atom. The number of fused-ring (bicyclic) bond motifs is 1. The van der Waals surface area contributed by atoms with Crippen molar-refractivity contribution in [3.05, 3.63) is 48.0 Å². The highest BCUT2D eigenvalue weighted by molar-refractivity contribution is 5.94. The van der Waals surface area contributed by atoms with E-state index in [-0.39, 0.29) is 6.42 Å². The highest BCUT2D eigenvalue weighted by atomic mass is 19.4. The molecule has 0 amide bonds. The summed E-state index contributed by atoms with van der Waals surface area (Å²) in [5.41, 5.74) is 2.04. The fraction of sp³-hybridized carbons (Fsp3) is 0.167. The number of aliphatic carboxylic acids is 1. The molecule has 26 heavy (non-hydrogen) atoms. The third kappa shape index (κ3) is 3.74. The molecule has 0 unspecified atom stereocenters. The van der Waals surface area contributed by atoms with E-state index in [1.807, 2.05) is 0 Å². The first kappa shape index (κ1) is 17.7. The van der Waals surface area contributed by atoms with Gasteiger partial charge in [-0.15, -0.1) is 13.2 Å². The number of halogens is 3. The minimum absolute atomic E-state index is 0.354. The minimum Gasteiger partial charge on any atom is -0.497 e. The number of nitrogens with one attached hydrogen (secondary N) is 1. The lowest BCUT2D eigenvalue weighted by Gasteiger charge is -2.09. The van der Waals surface area contributed by atoms with E-state index in [9.17, 15) is 23.1 Å². The summed E-state index contributed by atoms with van der Waals surface area (Å²) in [6.45, 7) is 0. The summed E-state index contributed by atoms with van der Waals surface area (Å²) < 4.78 is 46.5. The molecule has 2 N–H and O–H groups in total. The Morgan fingerprint density at radius 2 is 1.92 bits per heavy atom. The molecule has 0 fully saturated rings. The van der Waals surface area contributed by atoms with Crippen LogP contribution < -0.4 is 9.47 Å². The maximum atomic E-state index is 12.5. The number of alkyl halides is 3. The average Bonchev–Trinajstić information content (AvgIpc) is 2.91. The number of ether oxygens (including phenoxy) is 2. The number of hydrogen-bond acceptors (Lipinski definition) is 3. The predicted molar refractivity (Wildman–Crippen MR) is 88.3 cm³/mol. The number of carbonyl (C=O) groups is 1. The summed E-state index contributed by atoms with van der Waals surface area (Å²) in [7, 11) is 1.50. The minimum atomic E-state index is -4.83. The molecule has 1 heterocycles. The molecule has 8 heteroatoms. The summed E-state index contributed by atoms with van der Waals surface area (Å²) >= 11 is 0. The fourth-order valence-corrected chi connectivity index (χ4v) is 2.78. The smallest absolute Gasteiger partial charge is 0.497 e. The zero-order valence-electron chi connectivity index (χ0n) is 13.6. The topological polar surface area (TPSA) is 71.5 Å². The second kappa shape index (κ2) is 6.62. The second-order valence-electron chi connectivity index (χ2n) is 5.54. The van der Waals surface area contributed by atoms with Crippen LogP contribution in [-0.2, 0) is 11.2 Å². The molecule has 136 valence electrons. The zero-order valence-corrected chi connectivity index (χ0v) is 13.6. The lowest BCUT2D eigenvalue weighted by Crippen LogP contribution is -2.17. The Hall–Kier alpha value is -3.16. The third-order valence-corrected chi connectivity index (χ3v) is 3.80. The SMILES string of the molecule is COc1cccc(-c2[nH]c3ccc(OC(F)(F)F)cc3c2CC(=O)O)c1. The number of aromatic nitrogens is 1. The number of H-pyrrole nitrogens is 1. The van der Waals surface area contributed by atoms with Crippen LogP contribution in [0, 0.1) is 0 Å². The monoisotopic (exact) mass is 365 g/mol. The Balaban J connectivity index is 2.17. The van der Waals surface area contributed by atoms with Crippen molar-refractivity contribution < 1.29 is 32.5 Å². The van der Waals surface area contributed by atoms with Gasteiger partial charge in [-0.1, -0.05) is 12.1 Å². The van der Waals surface area contributed by atoms with Crippen molar-refractivity contribution in [3.63, 3.8) is 0 Å². The number of aromatic amines is 1. The summed E-state index contributed by atoms with van der Waals surface area (Å²) in [5, 5.41) is 9.58. The van der Waals surface area contributed by atoms with Gasteiger partial charge in [0.1, 0.15) is 11.5 Å². The summed E-state index contributed by atoms with van der Waals surface area (Å²) in [5.74, 6) is -0.937. The van der Waals surface area contributed by atoms with Crippen molar-refractivity contribution in [2.45, 2.75) is 12.8 Å². The molecule has 0 aliphatic rings. The molecule has 0 atom stereocenters. The van der Waals surface area contributed by atoms with Crippen LogP contribution in [0.5, 0.6) is 11.5 Å². The van der Waals surface area contributed by atoms with E-state index in [1.165, 1.54) is 25.3 Å². The molecule has 0 spiro atoms. The number of methoxy groups -OCH3 is 1. The van der Waals surface area contributed by atoms with Crippen molar-refractivity contribution in [2.24, 2.45) is 0 Å². The number of hydrogen-bond donors (Lipinski definition) is 2.